The number of ether oxygens (including phenoxy) is 2. The Balaban J connectivity index is 3.28. The van der Waals surface area contributed by atoms with Crippen molar-refractivity contribution in [2.24, 2.45) is 0 Å². The standard InChI is InChI=1S/C16H20FN3O4/c1-15(2,3)23-13(21)20(14(22)24-16(4,5)6)12-7-11(17)10(8-18)9-19-12/h7,9H,1-6H3. The number of carbonyl (C=O) groups is 2. The Morgan fingerprint density at radius 3 is 1.92 bits per heavy atom. The van der Waals surface area contributed by atoms with Gasteiger partial charge < -0.3 is 9.47 Å². The van der Waals surface area contributed by atoms with Crippen molar-refractivity contribution in [2.75, 3.05) is 4.90 Å². The lowest BCUT2D eigenvalue weighted by Gasteiger charge is -2.28. The van der Waals surface area contributed by atoms with Gasteiger partial charge in [0.05, 0.1) is 6.20 Å². The highest BCUT2D eigenvalue weighted by atomic mass is 19.1. The minimum Gasteiger partial charge on any atom is -0.443 e. The van der Waals surface area contributed by atoms with Crippen LogP contribution in [0.2, 0.25) is 0 Å². The number of carbonyl (C=O) groups excluding carboxylic acids is 2. The molecule has 0 unspecified atom stereocenters. The number of amides is 2. The number of nitrogens with zero attached hydrogens (tertiary/aromatic N) is 3. The van der Waals surface area contributed by atoms with E-state index in [0.29, 0.717) is 4.90 Å². The summed E-state index contributed by atoms with van der Waals surface area (Å²) in [6, 6.07) is 2.41. The van der Waals surface area contributed by atoms with E-state index in [1.165, 1.54) is 0 Å². The highest BCUT2D eigenvalue weighted by Gasteiger charge is 2.33. The molecule has 8 heteroatoms. The van der Waals surface area contributed by atoms with E-state index in [2.05, 4.69) is 4.98 Å². The fraction of sp³-hybridized carbons (Fsp3) is 0.500. The molecule has 0 aliphatic rings. The summed E-state index contributed by atoms with van der Waals surface area (Å²) < 4.78 is 24.1. The summed E-state index contributed by atoms with van der Waals surface area (Å²) >= 11 is 0. The maximum Gasteiger partial charge on any atom is 0.425 e. The lowest BCUT2D eigenvalue weighted by molar-refractivity contribution is 0.0429. The maximum absolute atomic E-state index is 13.8. The van der Waals surface area contributed by atoms with Crippen LogP contribution in [-0.2, 0) is 9.47 Å². The van der Waals surface area contributed by atoms with E-state index in [4.69, 9.17) is 14.7 Å². The number of pyridine rings is 1. The molecule has 1 aromatic heterocycles. The topological polar surface area (TPSA) is 92.5 Å². The number of halogens is 1. The second kappa shape index (κ2) is 6.83. The van der Waals surface area contributed by atoms with Crippen molar-refractivity contribution in [1.82, 2.24) is 4.98 Å². The van der Waals surface area contributed by atoms with Gasteiger partial charge in [0.15, 0.2) is 5.82 Å². The Hall–Kier alpha value is -2.69. The third-order valence-corrected chi connectivity index (χ3v) is 2.34. The van der Waals surface area contributed by atoms with Gasteiger partial charge in [-0.3, -0.25) is 0 Å². The fourth-order valence-corrected chi connectivity index (χ4v) is 1.50. The molecule has 0 atom stereocenters. The van der Waals surface area contributed by atoms with Crippen LogP contribution >= 0.6 is 0 Å². The zero-order valence-electron chi connectivity index (χ0n) is 14.5. The Labute approximate surface area is 140 Å². The van der Waals surface area contributed by atoms with E-state index in [-0.39, 0.29) is 11.4 Å². The number of hydrogen-bond acceptors (Lipinski definition) is 6. The van der Waals surface area contributed by atoms with Gasteiger partial charge in [-0.2, -0.15) is 10.2 Å². The molecule has 24 heavy (non-hydrogen) atoms. The van der Waals surface area contributed by atoms with Gasteiger partial charge in [0, 0.05) is 6.07 Å². The predicted molar refractivity (Wildman–Crippen MR) is 83.9 cm³/mol. The normalized spacial score (nSPS) is 11.4. The monoisotopic (exact) mass is 337 g/mol. The Morgan fingerprint density at radius 1 is 1.12 bits per heavy atom. The van der Waals surface area contributed by atoms with Crippen molar-refractivity contribution in [1.29, 1.82) is 5.26 Å². The number of imide groups is 1. The molecular formula is C16H20FN3O4. The summed E-state index contributed by atoms with van der Waals surface area (Å²) in [6.45, 7) is 9.70. The van der Waals surface area contributed by atoms with Gasteiger partial charge in [-0.15, -0.1) is 0 Å². The minimum atomic E-state index is -1.06. The number of nitriles is 1. The summed E-state index contributed by atoms with van der Waals surface area (Å²) in [6.07, 6.45) is -1.20. The average Bonchev–Trinajstić information content (AvgIpc) is 2.34. The number of anilines is 1. The molecule has 0 spiro atoms. The third-order valence-electron chi connectivity index (χ3n) is 2.34. The van der Waals surface area contributed by atoms with Gasteiger partial charge in [0.1, 0.15) is 28.7 Å². The summed E-state index contributed by atoms with van der Waals surface area (Å²) in [5.41, 5.74) is -2.09. The molecule has 7 nitrogen and oxygen atoms in total. The molecule has 0 aromatic carbocycles. The molecule has 0 saturated heterocycles. The van der Waals surface area contributed by atoms with Gasteiger partial charge in [-0.1, -0.05) is 0 Å². The molecule has 2 amide bonds. The summed E-state index contributed by atoms with van der Waals surface area (Å²) in [4.78, 5) is 28.9. The molecule has 0 aliphatic heterocycles. The second-order valence-electron chi connectivity index (χ2n) is 6.93. The first kappa shape index (κ1) is 19.4. The van der Waals surface area contributed by atoms with E-state index < -0.39 is 29.2 Å². The molecule has 0 saturated carbocycles. The summed E-state index contributed by atoms with van der Waals surface area (Å²) in [5.74, 6) is -1.25. The number of hydrogen-bond donors (Lipinski definition) is 0. The van der Waals surface area contributed by atoms with E-state index >= 15 is 0 Å². The number of aromatic nitrogens is 1. The SMILES string of the molecule is CC(C)(C)OC(=O)N(C(=O)OC(C)(C)C)c1cc(F)c(C#N)cn1. The third kappa shape index (κ3) is 5.50. The fourth-order valence-electron chi connectivity index (χ4n) is 1.50. The van der Waals surface area contributed by atoms with E-state index in [1.54, 1.807) is 47.6 Å². The van der Waals surface area contributed by atoms with E-state index in [0.717, 1.165) is 12.3 Å². The molecule has 0 aliphatic carbocycles. The molecule has 1 aromatic rings. The van der Waals surface area contributed by atoms with Crippen LogP contribution < -0.4 is 4.90 Å². The zero-order valence-corrected chi connectivity index (χ0v) is 14.5. The van der Waals surface area contributed by atoms with Gasteiger partial charge in [-0.05, 0) is 41.5 Å². The van der Waals surface area contributed by atoms with E-state index in [9.17, 15) is 14.0 Å². The van der Waals surface area contributed by atoms with Gasteiger partial charge in [0.2, 0.25) is 0 Å². The Morgan fingerprint density at radius 2 is 1.58 bits per heavy atom. The molecule has 0 radical (unpaired) electrons. The molecule has 130 valence electrons. The van der Waals surface area contributed by atoms with Crippen LogP contribution in [0.5, 0.6) is 0 Å². The van der Waals surface area contributed by atoms with Crippen molar-refractivity contribution in [3.05, 3.63) is 23.6 Å². The van der Waals surface area contributed by atoms with Crippen LogP contribution in [0.15, 0.2) is 12.3 Å². The van der Waals surface area contributed by atoms with Crippen molar-refractivity contribution in [3.8, 4) is 6.07 Å². The molecule has 0 fully saturated rings. The largest absolute Gasteiger partial charge is 0.443 e. The average molecular weight is 337 g/mol. The lowest BCUT2D eigenvalue weighted by atomic mass is 10.2. The van der Waals surface area contributed by atoms with Crippen LogP contribution in [-0.4, -0.2) is 28.4 Å². The Kier molecular flexibility index (Phi) is 5.50. The minimum absolute atomic E-state index is 0.313. The maximum atomic E-state index is 13.8. The summed E-state index contributed by atoms with van der Waals surface area (Å²) in [7, 11) is 0. The molecule has 1 heterocycles. The first-order valence-electron chi connectivity index (χ1n) is 7.16. The second-order valence-corrected chi connectivity index (χ2v) is 6.93. The van der Waals surface area contributed by atoms with E-state index in [1.807, 2.05) is 0 Å². The molecular weight excluding hydrogens is 317 g/mol. The van der Waals surface area contributed by atoms with Crippen molar-refractivity contribution >= 4 is 18.0 Å². The first-order valence-corrected chi connectivity index (χ1v) is 7.16. The first-order chi connectivity index (χ1) is 10.8. The zero-order chi connectivity index (χ0) is 18.7. The van der Waals surface area contributed by atoms with Crippen LogP contribution in [0.3, 0.4) is 0 Å². The van der Waals surface area contributed by atoms with Gasteiger partial charge >= 0.3 is 12.2 Å². The van der Waals surface area contributed by atoms with Crippen LogP contribution in [0.4, 0.5) is 19.8 Å². The van der Waals surface area contributed by atoms with Crippen LogP contribution in [0.25, 0.3) is 0 Å². The number of rotatable bonds is 1. The highest BCUT2D eigenvalue weighted by molar-refractivity contribution is 6.08. The van der Waals surface area contributed by atoms with Crippen molar-refractivity contribution < 1.29 is 23.5 Å². The predicted octanol–water partition coefficient (Wildman–Crippen LogP) is 3.77. The van der Waals surface area contributed by atoms with Crippen molar-refractivity contribution in [3.63, 3.8) is 0 Å². The smallest absolute Gasteiger partial charge is 0.425 e. The summed E-state index contributed by atoms with van der Waals surface area (Å²) in [5, 5.41) is 8.75. The van der Waals surface area contributed by atoms with Crippen LogP contribution in [0, 0.1) is 17.1 Å². The lowest BCUT2D eigenvalue weighted by Crippen LogP contribution is -2.44. The van der Waals surface area contributed by atoms with Crippen molar-refractivity contribution in [2.45, 2.75) is 52.7 Å². The van der Waals surface area contributed by atoms with Gasteiger partial charge in [-0.25, -0.2) is 19.0 Å². The van der Waals surface area contributed by atoms with Crippen LogP contribution in [0.1, 0.15) is 47.1 Å². The quantitative estimate of drug-likeness (QED) is 0.774. The molecule has 0 N–H and O–H groups in total. The van der Waals surface area contributed by atoms with Gasteiger partial charge in [0.25, 0.3) is 0 Å². The molecule has 0 bridgehead atoms. The molecule has 1 rings (SSSR count). The Bertz CT molecular complexity index is 656. The highest BCUT2D eigenvalue weighted by Crippen LogP contribution is 2.21.